The lowest BCUT2D eigenvalue weighted by molar-refractivity contribution is 0.357. The van der Waals surface area contributed by atoms with Crippen molar-refractivity contribution >= 4 is 15.9 Å². The third-order valence-electron chi connectivity index (χ3n) is 6.03. The Labute approximate surface area is 129 Å². The fourth-order valence-electron chi connectivity index (χ4n) is 5.41. The molecule has 4 rings (SSSR count). The van der Waals surface area contributed by atoms with Crippen LogP contribution in [-0.4, -0.2) is 16.3 Å². The smallest absolute Gasteiger partial charge is 0.0698 e. The quantitative estimate of drug-likeness (QED) is 0.889. The van der Waals surface area contributed by atoms with Gasteiger partial charge in [0.25, 0.3) is 0 Å². The van der Waals surface area contributed by atoms with Crippen molar-refractivity contribution < 1.29 is 0 Å². The van der Waals surface area contributed by atoms with Gasteiger partial charge in [-0.2, -0.15) is 5.10 Å². The molecule has 2 bridgehead atoms. The topological polar surface area (TPSA) is 29.9 Å². The van der Waals surface area contributed by atoms with Crippen molar-refractivity contribution in [2.45, 2.75) is 45.7 Å². The number of halogens is 1. The van der Waals surface area contributed by atoms with Crippen LogP contribution in [0.4, 0.5) is 0 Å². The predicted octanol–water partition coefficient (Wildman–Crippen LogP) is 3.61. The highest BCUT2D eigenvalue weighted by atomic mass is 79.9. The number of aryl methyl sites for hydroxylation is 1. The normalized spacial score (nSPS) is 39.0. The largest absolute Gasteiger partial charge is 0.309 e. The van der Waals surface area contributed by atoms with Gasteiger partial charge in [0.15, 0.2) is 0 Å². The minimum atomic E-state index is 0.496. The molecule has 110 valence electrons. The molecule has 20 heavy (non-hydrogen) atoms. The van der Waals surface area contributed by atoms with Gasteiger partial charge in [0.1, 0.15) is 0 Å². The van der Waals surface area contributed by atoms with Gasteiger partial charge in [0.05, 0.1) is 22.4 Å². The van der Waals surface area contributed by atoms with Crippen molar-refractivity contribution in [1.29, 1.82) is 0 Å². The first-order chi connectivity index (χ1) is 9.76. The van der Waals surface area contributed by atoms with Crippen LogP contribution in [0.1, 0.15) is 44.8 Å². The second-order valence-electron chi connectivity index (χ2n) is 6.79. The third-order valence-corrected chi connectivity index (χ3v) is 6.64. The summed E-state index contributed by atoms with van der Waals surface area (Å²) >= 11 is 3.73. The van der Waals surface area contributed by atoms with Gasteiger partial charge in [-0.25, -0.2) is 0 Å². The second kappa shape index (κ2) is 4.84. The van der Waals surface area contributed by atoms with Crippen LogP contribution in [0.15, 0.2) is 10.7 Å². The van der Waals surface area contributed by atoms with Gasteiger partial charge < -0.3 is 5.32 Å². The predicted molar refractivity (Wildman–Crippen MR) is 83.3 cm³/mol. The van der Waals surface area contributed by atoms with Crippen molar-refractivity contribution in [1.82, 2.24) is 15.1 Å². The van der Waals surface area contributed by atoms with Crippen molar-refractivity contribution in [2.75, 3.05) is 6.54 Å². The Morgan fingerprint density at radius 2 is 2.05 bits per heavy atom. The van der Waals surface area contributed by atoms with E-state index < -0.39 is 0 Å². The maximum atomic E-state index is 4.52. The molecule has 3 saturated carbocycles. The van der Waals surface area contributed by atoms with E-state index in [0.717, 1.165) is 42.7 Å². The summed E-state index contributed by atoms with van der Waals surface area (Å²) in [4.78, 5) is 0. The number of hydrogen-bond donors (Lipinski definition) is 1. The van der Waals surface area contributed by atoms with E-state index in [0.29, 0.717) is 6.04 Å². The monoisotopic (exact) mass is 337 g/mol. The van der Waals surface area contributed by atoms with Crippen molar-refractivity contribution in [2.24, 2.45) is 29.6 Å². The molecule has 0 aromatic carbocycles. The molecule has 3 aliphatic carbocycles. The van der Waals surface area contributed by atoms with E-state index >= 15 is 0 Å². The highest BCUT2D eigenvalue weighted by Crippen LogP contribution is 2.72. The molecule has 0 amide bonds. The summed E-state index contributed by atoms with van der Waals surface area (Å²) in [5.74, 6) is 4.94. The minimum Gasteiger partial charge on any atom is -0.309 e. The van der Waals surface area contributed by atoms with E-state index in [1.807, 2.05) is 6.20 Å². The van der Waals surface area contributed by atoms with Crippen LogP contribution in [0.3, 0.4) is 0 Å². The SMILES string of the molecule is CCNC(c1c(Br)cnn1CC)C1C2C3CCC(C3)C21. The molecule has 5 unspecified atom stereocenters. The lowest BCUT2D eigenvalue weighted by atomic mass is 9.95. The Bertz CT molecular complexity index is 496. The summed E-state index contributed by atoms with van der Waals surface area (Å²) in [7, 11) is 0. The van der Waals surface area contributed by atoms with Gasteiger partial charge in [-0.1, -0.05) is 6.92 Å². The van der Waals surface area contributed by atoms with Crippen LogP contribution in [-0.2, 0) is 6.54 Å². The lowest BCUT2D eigenvalue weighted by Crippen LogP contribution is -2.28. The molecule has 1 aromatic heterocycles. The van der Waals surface area contributed by atoms with E-state index in [4.69, 9.17) is 0 Å². The fraction of sp³-hybridized carbons (Fsp3) is 0.812. The molecule has 4 heteroatoms. The van der Waals surface area contributed by atoms with Gasteiger partial charge in [-0.3, -0.25) is 4.68 Å². The Morgan fingerprint density at radius 3 is 2.65 bits per heavy atom. The van der Waals surface area contributed by atoms with E-state index in [9.17, 15) is 0 Å². The highest BCUT2D eigenvalue weighted by Gasteiger charge is 2.67. The van der Waals surface area contributed by atoms with Gasteiger partial charge in [0, 0.05) is 6.54 Å². The van der Waals surface area contributed by atoms with Crippen LogP contribution in [0.2, 0.25) is 0 Å². The number of aromatic nitrogens is 2. The number of nitrogens with one attached hydrogen (secondary N) is 1. The Balaban J connectivity index is 1.64. The summed E-state index contributed by atoms with van der Waals surface area (Å²) in [6, 6.07) is 0.496. The zero-order valence-corrected chi connectivity index (χ0v) is 13.9. The van der Waals surface area contributed by atoms with Gasteiger partial charge in [-0.05, 0) is 78.3 Å². The molecule has 1 aromatic rings. The average Bonchev–Trinajstić information content (AvgIpc) is 2.78. The molecule has 3 nitrogen and oxygen atoms in total. The molecule has 0 saturated heterocycles. The van der Waals surface area contributed by atoms with Crippen LogP contribution in [0, 0.1) is 29.6 Å². The minimum absolute atomic E-state index is 0.496. The van der Waals surface area contributed by atoms with Crippen LogP contribution >= 0.6 is 15.9 Å². The summed E-state index contributed by atoms with van der Waals surface area (Å²) in [6.45, 7) is 6.40. The highest BCUT2D eigenvalue weighted by molar-refractivity contribution is 9.10. The molecular weight excluding hydrogens is 314 g/mol. The zero-order chi connectivity index (χ0) is 13.9. The van der Waals surface area contributed by atoms with Crippen LogP contribution in [0.25, 0.3) is 0 Å². The number of fused-ring (bicyclic) bond motifs is 5. The molecule has 5 atom stereocenters. The Kier molecular flexibility index (Phi) is 3.22. The Hall–Kier alpha value is -0.350. The average molecular weight is 338 g/mol. The van der Waals surface area contributed by atoms with Crippen molar-refractivity contribution in [3.63, 3.8) is 0 Å². The summed E-state index contributed by atoms with van der Waals surface area (Å²) < 4.78 is 3.36. The van der Waals surface area contributed by atoms with Crippen LogP contribution in [0.5, 0.6) is 0 Å². The number of hydrogen-bond acceptors (Lipinski definition) is 2. The first kappa shape index (κ1) is 13.3. The van der Waals surface area contributed by atoms with Crippen molar-refractivity contribution in [3.05, 3.63) is 16.4 Å². The Morgan fingerprint density at radius 1 is 1.35 bits per heavy atom. The van der Waals surface area contributed by atoms with E-state index in [-0.39, 0.29) is 0 Å². The van der Waals surface area contributed by atoms with Gasteiger partial charge in [-0.15, -0.1) is 0 Å². The van der Waals surface area contributed by atoms with Gasteiger partial charge >= 0.3 is 0 Å². The molecular formula is C16H24BrN3. The molecule has 0 spiro atoms. The molecule has 1 heterocycles. The second-order valence-corrected chi connectivity index (χ2v) is 7.65. The third kappa shape index (κ3) is 1.77. The fourth-order valence-corrected chi connectivity index (χ4v) is 5.95. The first-order valence-corrected chi connectivity index (χ1v) is 9.00. The summed E-state index contributed by atoms with van der Waals surface area (Å²) in [5.41, 5.74) is 1.38. The number of rotatable bonds is 5. The van der Waals surface area contributed by atoms with E-state index in [1.54, 1.807) is 0 Å². The maximum Gasteiger partial charge on any atom is 0.0698 e. The van der Waals surface area contributed by atoms with Gasteiger partial charge in [0.2, 0.25) is 0 Å². The molecule has 0 radical (unpaired) electrons. The summed E-state index contributed by atoms with van der Waals surface area (Å²) in [6.07, 6.45) is 6.49. The molecule has 1 N–H and O–H groups in total. The molecule has 3 aliphatic rings. The molecule has 0 aliphatic heterocycles. The maximum absolute atomic E-state index is 4.52. The first-order valence-electron chi connectivity index (χ1n) is 8.20. The summed E-state index contributed by atoms with van der Waals surface area (Å²) in [5, 5.41) is 8.29. The van der Waals surface area contributed by atoms with E-state index in [1.165, 1.54) is 29.4 Å². The number of nitrogens with zero attached hydrogens (tertiary/aromatic N) is 2. The van der Waals surface area contributed by atoms with Crippen molar-refractivity contribution in [3.8, 4) is 0 Å². The standard InChI is InChI=1S/C16H24BrN3/c1-3-18-15(16-11(17)8-19-20(16)4-2)14-12-9-5-6-10(7-9)13(12)14/h8-10,12-15,18H,3-7H2,1-2H3. The zero-order valence-electron chi connectivity index (χ0n) is 12.3. The van der Waals surface area contributed by atoms with Crippen LogP contribution < -0.4 is 5.32 Å². The van der Waals surface area contributed by atoms with E-state index in [2.05, 4.69) is 44.9 Å². The molecule has 3 fully saturated rings. The lowest BCUT2D eigenvalue weighted by Gasteiger charge is -2.23.